The summed E-state index contributed by atoms with van der Waals surface area (Å²) in [6.45, 7) is 0. The van der Waals surface area contributed by atoms with Gasteiger partial charge in [-0.15, -0.1) is 3.71 Å². The monoisotopic (exact) mass is 156 g/mol. The second-order valence-corrected chi connectivity index (χ2v) is 3.92. The van der Waals surface area contributed by atoms with Gasteiger partial charge in [0, 0.05) is 14.1 Å². The number of thiol groups is 1. The van der Waals surface area contributed by atoms with Crippen molar-refractivity contribution in [3.8, 4) is 0 Å². The predicted octanol–water partition coefficient (Wildman–Crippen LogP) is -0.773. The third-order valence-electron chi connectivity index (χ3n) is 0.606. The van der Waals surface area contributed by atoms with E-state index in [1.54, 1.807) is 0 Å². The molecule has 0 aromatic rings. The van der Waals surface area contributed by atoms with Gasteiger partial charge in [0.15, 0.2) is 0 Å². The molecule has 0 saturated carbocycles. The predicted molar refractivity (Wildman–Crippen MR) is 34.7 cm³/mol. The highest BCUT2D eigenvalue weighted by Crippen LogP contribution is 1.92. The third-order valence-corrected chi connectivity index (χ3v) is 2.46. The molecule has 1 N–H and O–H groups in total. The van der Waals surface area contributed by atoms with Crippen molar-refractivity contribution in [1.82, 2.24) is 8.43 Å². The van der Waals surface area contributed by atoms with Crippen LogP contribution in [0.4, 0.5) is 0 Å². The van der Waals surface area contributed by atoms with Gasteiger partial charge in [-0.3, -0.25) is 0 Å². The molecule has 8 heavy (non-hydrogen) atoms. The normalized spacial score (nSPS) is 12.5. The van der Waals surface area contributed by atoms with Gasteiger partial charge in [-0.05, 0) is 0 Å². The summed E-state index contributed by atoms with van der Waals surface area (Å²) in [5, 5.41) is 0. The van der Waals surface area contributed by atoms with E-state index in [1.807, 2.05) is 0 Å². The molecule has 0 bridgehead atoms. The average Bonchev–Trinajstić information content (AvgIpc) is 1.67. The Morgan fingerprint density at radius 3 is 2.00 bits per heavy atom. The molecular formula is C2H8N2O2S2. The van der Waals surface area contributed by atoms with E-state index in [2.05, 4.69) is 17.5 Å². The highest BCUT2D eigenvalue weighted by molar-refractivity contribution is 7.98. The first-order valence-corrected chi connectivity index (χ1v) is 3.71. The fourth-order valence-electron chi connectivity index (χ4n) is 0.132. The summed E-state index contributed by atoms with van der Waals surface area (Å²) < 4.78 is 23.7. The van der Waals surface area contributed by atoms with Crippen LogP contribution < -0.4 is 4.72 Å². The van der Waals surface area contributed by atoms with Gasteiger partial charge in [-0.25, -0.2) is 4.72 Å². The van der Waals surface area contributed by atoms with Crippen molar-refractivity contribution in [3.63, 3.8) is 0 Å². The van der Waals surface area contributed by atoms with Crippen LogP contribution in [-0.4, -0.2) is 26.2 Å². The fourth-order valence-corrected chi connectivity index (χ4v) is 0.641. The largest absolute Gasteiger partial charge is 0.288 e. The van der Waals surface area contributed by atoms with Crippen LogP contribution in [0.15, 0.2) is 0 Å². The van der Waals surface area contributed by atoms with Gasteiger partial charge in [-0.2, -0.15) is 8.42 Å². The Hall–Kier alpha value is 0.220. The molecule has 0 atom stereocenters. The molecule has 4 nitrogen and oxygen atoms in total. The van der Waals surface area contributed by atoms with E-state index in [0.717, 1.165) is 3.71 Å². The van der Waals surface area contributed by atoms with Crippen LogP contribution in [0.5, 0.6) is 0 Å². The summed E-state index contributed by atoms with van der Waals surface area (Å²) in [5.74, 6) is 0. The van der Waals surface area contributed by atoms with Crippen LogP contribution in [0, 0.1) is 0 Å². The van der Waals surface area contributed by atoms with Crippen molar-refractivity contribution in [3.05, 3.63) is 0 Å². The van der Waals surface area contributed by atoms with Gasteiger partial charge in [0.1, 0.15) is 0 Å². The average molecular weight is 156 g/mol. The molecule has 0 aliphatic carbocycles. The second kappa shape index (κ2) is 2.67. The molecule has 0 aliphatic heterocycles. The molecule has 0 heterocycles. The lowest BCUT2D eigenvalue weighted by Gasteiger charge is -2.06. The molecule has 0 radical (unpaired) electrons. The van der Waals surface area contributed by atoms with Crippen molar-refractivity contribution in [2.75, 3.05) is 14.1 Å². The van der Waals surface area contributed by atoms with E-state index < -0.39 is 10.2 Å². The molecular weight excluding hydrogens is 148 g/mol. The Balaban J connectivity index is 4.17. The molecule has 6 heteroatoms. The summed E-state index contributed by atoms with van der Waals surface area (Å²) in [5.41, 5.74) is 0. The molecule has 0 aromatic carbocycles. The maximum Gasteiger partial charge on any atom is 0.288 e. The molecule has 0 spiro atoms. The zero-order chi connectivity index (χ0) is 6.78. The number of nitrogens with one attached hydrogen (secondary N) is 1. The summed E-state index contributed by atoms with van der Waals surface area (Å²) in [6, 6.07) is 0. The van der Waals surface area contributed by atoms with Crippen molar-refractivity contribution in [2.45, 2.75) is 0 Å². The van der Waals surface area contributed by atoms with Crippen LogP contribution >= 0.6 is 12.8 Å². The number of rotatable bonds is 2. The Labute approximate surface area is 54.6 Å². The summed E-state index contributed by atoms with van der Waals surface area (Å²) in [4.78, 5) is 0. The van der Waals surface area contributed by atoms with E-state index in [1.165, 1.54) is 14.1 Å². The zero-order valence-electron chi connectivity index (χ0n) is 4.62. The highest BCUT2D eigenvalue weighted by atomic mass is 32.3. The molecule has 0 aliphatic rings. The maximum absolute atomic E-state index is 10.4. The van der Waals surface area contributed by atoms with Gasteiger partial charge < -0.3 is 0 Å². The Bertz CT molecular complexity index is 149. The molecule has 0 aromatic heterocycles. The minimum absolute atomic E-state index is 0.799. The second-order valence-electron chi connectivity index (χ2n) is 1.14. The van der Waals surface area contributed by atoms with Crippen LogP contribution in [0.1, 0.15) is 0 Å². The van der Waals surface area contributed by atoms with Crippen LogP contribution in [0.2, 0.25) is 0 Å². The smallest absolute Gasteiger partial charge is 0.205 e. The van der Waals surface area contributed by atoms with Gasteiger partial charge in [0.05, 0.1) is 0 Å². The van der Waals surface area contributed by atoms with Crippen molar-refractivity contribution < 1.29 is 8.42 Å². The number of hydrogen-bond donors (Lipinski definition) is 2. The minimum Gasteiger partial charge on any atom is -0.205 e. The first-order chi connectivity index (χ1) is 3.50. The van der Waals surface area contributed by atoms with E-state index in [4.69, 9.17) is 0 Å². The lowest BCUT2D eigenvalue weighted by Crippen LogP contribution is -2.29. The van der Waals surface area contributed by atoms with Crippen LogP contribution in [0.25, 0.3) is 0 Å². The van der Waals surface area contributed by atoms with Gasteiger partial charge in [0.2, 0.25) is 0 Å². The van der Waals surface area contributed by atoms with E-state index in [9.17, 15) is 8.42 Å². The lowest BCUT2D eigenvalue weighted by molar-refractivity contribution is 0.556. The minimum atomic E-state index is -3.29. The Kier molecular flexibility index (Phi) is 2.75. The molecule has 0 rings (SSSR count). The molecule has 0 fully saturated rings. The van der Waals surface area contributed by atoms with E-state index in [0.29, 0.717) is 0 Å². The Morgan fingerprint density at radius 2 is 2.00 bits per heavy atom. The first kappa shape index (κ1) is 8.22. The van der Waals surface area contributed by atoms with Gasteiger partial charge >= 0.3 is 0 Å². The van der Waals surface area contributed by atoms with Crippen molar-refractivity contribution in [1.29, 1.82) is 0 Å². The zero-order valence-corrected chi connectivity index (χ0v) is 6.33. The molecule has 0 amide bonds. The first-order valence-electron chi connectivity index (χ1n) is 1.87. The summed E-state index contributed by atoms with van der Waals surface area (Å²) in [7, 11) is -0.639. The van der Waals surface area contributed by atoms with Crippen LogP contribution in [-0.2, 0) is 10.2 Å². The van der Waals surface area contributed by atoms with Crippen molar-refractivity contribution >= 4 is 23.0 Å². The topological polar surface area (TPSA) is 49.4 Å². The van der Waals surface area contributed by atoms with Crippen LogP contribution in [0.3, 0.4) is 0 Å². The maximum atomic E-state index is 10.4. The summed E-state index contributed by atoms with van der Waals surface area (Å²) >= 11 is 3.54. The standard InChI is InChI=1S/C2H8N2O2S2/c1-3-8(5,6)4(2)7/h3,7H,1-2H3. The molecule has 0 saturated heterocycles. The van der Waals surface area contributed by atoms with Gasteiger partial charge in [0.25, 0.3) is 10.2 Å². The van der Waals surface area contributed by atoms with E-state index >= 15 is 0 Å². The Morgan fingerprint density at radius 1 is 1.62 bits per heavy atom. The SMILES string of the molecule is CNS(=O)(=O)N(C)S. The highest BCUT2D eigenvalue weighted by Gasteiger charge is 2.08. The van der Waals surface area contributed by atoms with E-state index in [-0.39, 0.29) is 0 Å². The lowest BCUT2D eigenvalue weighted by atomic mass is 11.6. The summed E-state index contributed by atoms with van der Waals surface area (Å²) in [6.07, 6.45) is 0. The molecule has 0 unspecified atom stereocenters. The molecule has 50 valence electrons. The third kappa shape index (κ3) is 1.99. The quantitative estimate of drug-likeness (QED) is 0.516. The number of nitrogens with zero attached hydrogens (tertiary/aromatic N) is 1. The van der Waals surface area contributed by atoms with Crippen molar-refractivity contribution in [2.24, 2.45) is 0 Å². The number of hydrogen-bond acceptors (Lipinski definition) is 3. The fraction of sp³-hybridized carbons (Fsp3) is 1.00. The van der Waals surface area contributed by atoms with Gasteiger partial charge in [-0.1, -0.05) is 12.8 Å².